The Bertz CT molecular complexity index is 520. The number of aryl methyl sites for hydroxylation is 1. The summed E-state index contributed by atoms with van der Waals surface area (Å²) in [7, 11) is 0. The summed E-state index contributed by atoms with van der Waals surface area (Å²) in [6.07, 6.45) is 9.15. The van der Waals surface area contributed by atoms with E-state index in [4.69, 9.17) is 4.74 Å². The summed E-state index contributed by atoms with van der Waals surface area (Å²) in [6, 6.07) is 1.87. The van der Waals surface area contributed by atoms with Crippen LogP contribution in [0.4, 0.5) is 0 Å². The first kappa shape index (κ1) is 20.5. The minimum Gasteiger partial charge on any atom is -0.492 e. The van der Waals surface area contributed by atoms with Crippen LogP contribution >= 0.6 is 0 Å². The van der Waals surface area contributed by atoms with Crippen molar-refractivity contribution in [3.8, 4) is 5.75 Å². The Kier molecular flexibility index (Phi) is 9.51. The third-order valence-corrected chi connectivity index (χ3v) is 4.50. The van der Waals surface area contributed by atoms with Crippen LogP contribution in [0.3, 0.4) is 0 Å². The van der Waals surface area contributed by atoms with Crippen LogP contribution in [0.2, 0.25) is 0 Å². The Morgan fingerprint density at radius 2 is 1.58 bits per heavy atom. The average molecular weight is 335 g/mol. The van der Waals surface area contributed by atoms with Crippen molar-refractivity contribution in [3.05, 3.63) is 28.3 Å². The van der Waals surface area contributed by atoms with E-state index in [2.05, 4.69) is 27.7 Å². The molecule has 0 heterocycles. The maximum Gasteiger partial charge on any atom is 0.339 e. The first-order valence-electron chi connectivity index (χ1n) is 9.64. The molecule has 0 aliphatic carbocycles. The molecule has 1 rings (SSSR count). The normalized spacial score (nSPS) is 10.8. The number of aromatic carboxylic acids is 1. The molecule has 1 aromatic rings. The maximum atomic E-state index is 11.8. The van der Waals surface area contributed by atoms with E-state index < -0.39 is 5.97 Å². The number of ether oxygens (including phenoxy) is 1. The van der Waals surface area contributed by atoms with Gasteiger partial charge in [0.05, 0.1) is 6.61 Å². The van der Waals surface area contributed by atoms with Crippen LogP contribution in [-0.2, 0) is 19.3 Å². The average Bonchev–Trinajstić information content (AvgIpc) is 2.58. The Labute approximate surface area is 147 Å². The molecular formula is C21H34O3. The summed E-state index contributed by atoms with van der Waals surface area (Å²) < 4.78 is 5.99. The number of rotatable bonds is 12. The molecule has 0 amide bonds. The number of carboxylic acid groups (broad SMARTS) is 1. The predicted molar refractivity (Wildman–Crippen MR) is 100 cm³/mol. The molecule has 0 atom stereocenters. The summed E-state index contributed by atoms with van der Waals surface area (Å²) in [6.45, 7) is 9.21. The van der Waals surface area contributed by atoms with Crippen molar-refractivity contribution in [1.29, 1.82) is 0 Å². The van der Waals surface area contributed by atoms with Crippen molar-refractivity contribution in [2.75, 3.05) is 6.61 Å². The van der Waals surface area contributed by atoms with Crippen LogP contribution in [-0.4, -0.2) is 17.7 Å². The number of hydrogen-bond donors (Lipinski definition) is 1. The first-order valence-corrected chi connectivity index (χ1v) is 9.64. The standard InChI is InChI=1S/C21H34O3/c1-5-9-12-16-15-19(21(22)23)20(24-14-11-7-3)18(13-10-6-2)17(16)8-4/h15H,5-14H2,1-4H3,(H,22,23). The summed E-state index contributed by atoms with van der Waals surface area (Å²) in [5.74, 6) is -0.249. The predicted octanol–water partition coefficient (Wildman–Crippen LogP) is 5.81. The molecule has 0 aromatic heterocycles. The topological polar surface area (TPSA) is 46.5 Å². The zero-order valence-electron chi connectivity index (χ0n) is 15.9. The van der Waals surface area contributed by atoms with E-state index in [1.165, 1.54) is 11.1 Å². The molecular weight excluding hydrogens is 300 g/mol. The molecule has 0 spiro atoms. The van der Waals surface area contributed by atoms with Crippen molar-refractivity contribution in [2.24, 2.45) is 0 Å². The molecule has 0 fully saturated rings. The second-order valence-electron chi connectivity index (χ2n) is 6.44. The van der Waals surface area contributed by atoms with Gasteiger partial charge in [-0.05, 0) is 61.3 Å². The molecule has 136 valence electrons. The second kappa shape index (κ2) is 11.1. The van der Waals surface area contributed by atoms with E-state index in [0.29, 0.717) is 17.9 Å². The molecule has 3 nitrogen and oxygen atoms in total. The summed E-state index contributed by atoms with van der Waals surface area (Å²) in [4.78, 5) is 11.8. The lowest BCUT2D eigenvalue weighted by Crippen LogP contribution is -2.12. The number of carboxylic acids is 1. The molecule has 3 heteroatoms. The highest BCUT2D eigenvalue weighted by Gasteiger charge is 2.21. The second-order valence-corrected chi connectivity index (χ2v) is 6.44. The number of unbranched alkanes of at least 4 members (excludes halogenated alkanes) is 3. The van der Waals surface area contributed by atoms with Crippen molar-refractivity contribution in [3.63, 3.8) is 0 Å². The summed E-state index contributed by atoms with van der Waals surface area (Å²) in [5.41, 5.74) is 4.00. The quantitative estimate of drug-likeness (QED) is 0.490. The largest absolute Gasteiger partial charge is 0.492 e. The van der Waals surface area contributed by atoms with E-state index in [1.807, 2.05) is 6.07 Å². The van der Waals surface area contributed by atoms with Gasteiger partial charge in [-0.2, -0.15) is 0 Å². The number of hydrogen-bond acceptors (Lipinski definition) is 2. The van der Waals surface area contributed by atoms with Crippen molar-refractivity contribution < 1.29 is 14.6 Å². The zero-order chi connectivity index (χ0) is 17.9. The van der Waals surface area contributed by atoms with Gasteiger partial charge in [-0.15, -0.1) is 0 Å². The third-order valence-electron chi connectivity index (χ3n) is 4.50. The highest BCUT2D eigenvalue weighted by molar-refractivity contribution is 5.92. The minimum atomic E-state index is -0.875. The van der Waals surface area contributed by atoms with Gasteiger partial charge in [0, 0.05) is 0 Å². The molecule has 24 heavy (non-hydrogen) atoms. The Hall–Kier alpha value is -1.51. The molecule has 0 unspecified atom stereocenters. The van der Waals surface area contributed by atoms with E-state index in [1.54, 1.807) is 0 Å². The highest BCUT2D eigenvalue weighted by atomic mass is 16.5. The zero-order valence-corrected chi connectivity index (χ0v) is 15.9. The lowest BCUT2D eigenvalue weighted by molar-refractivity contribution is 0.0691. The van der Waals surface area contributed by atoms with Crippen LogP contribution in [0.15, 0.2) is 6.07 Å². The Morgan fingerprint density at radius 1 is 0.958 bits per heavy atom. The van der Waals surface area contributed by atoms with E-state index in [-0.39, 0.29) is 0 Å². The van der Waals surface area contributed by atoms with Crippen LogP contribution in [0, 0.1) is 0 Å². The van der Waals surface area contributed by atoms with Gasteiger partial charge in [0.15, 0.2) is 0 Å². The van der Waals surface area contributed by atoms with Gasteiger partial charge in [-0.25, -0.2) is 4.79 Å². The Morgan fingerprint density at radius 3 is 2.12 bits per heavy atom. The monoisotopic (exact) mass is 334 g/mol. The van der Waals surface area contributed by atoms with Crippen molar-refractivity contribution in [1.82, 2.24) is 0 Å². The fourth-order valence-electron chi connectivity index (χ4n) is 3.11. The van der Waals surface area contributed by atoms with E-state index in [0.717, 1.165) is 63.4 Å². The van der Waals surface area contributed by atoms with Gasteiger partial charge in [0.1, 0.15) is 11.3 Å². The maximum absolute atomic E-state index is 11.8. The molecule has 0 aliphatic rings. The van der Waals surface area contributed by atoms with Gasteiger partial charge in [0.2, 0.25) is 0 Å². The first-order chi connectivity index (χ1) is 11.6. The molecule has 1 N–H and O–H groups in total. The van der Waals surface area contributed by atoms with Crippen LogP contribution in [0.5, 0.6) is 5.75 Å². The van der Waals surface area contributed by atoms with Gasteiger partial charge >= 0.3 is 5.97 Å². The third kappa shape index (κ3) is 5.54. The van der Waals surface area contributed by atoms with Gasteiger partial charge in [-0.3, -0.25) is 0 Å². The molecule has 0 aliphatic heterocycles. The lowest BCUT2D eigenvalue weighted by Gasteiger charge is -2.21. The molecule has 0 bridgehead atoms. The summed E-state index contributed by atoms with van der Waals surface area (Å²) in [5, 5.41) is 9.71. The van der Waals surface area contributed by atoms with Gasteiger partial charge in [0.25, 0.3) is 0 Å². The van der Waals surface area contributed by atoms with Crippen LogP contribution < -0.4 is 4.74 Å². The molecule has 0 saturated carbocycles. The highest BCUT2D eigenvalue weighted by Crippen LogP contribution is 2.33. The van der Waals surface area contributed by atoms with Gasteiger partial charge in [-0.1, -0.05) is 47.0 Å². The fraction of sp³-hybridized carbons (Fsp3) is 0.667. The molecule has 0 saturated heterocycles. The smallest absolute Gasteiger partial charge is 0.339 e. The van der Waals surface area contributed by atoms with Crippen molar-refractivity contribution >= 4 is 5.97 Å². The minimum absolute atomic E-state index is 0.348. The van der Waals surface area contributed by atoms with Gasteiger partial charge < -0.3 is 9.84 Å². The van der Waals surface area contributed by atoms with Crippen LogP contribution in [0.25, 0.3) is 0 Å². The fourth-order valence-corrected chi connectivity index (χ4v) is 3.11. The van der Waals surface area contributed by atoms with E-state index in [9.17, 15) is 9.90 Å². The molecule has 0 radical (unpaired) electrons. The summed E-state index contributed by atoms with van der Waals surface area (Å²) >= 11 is 0. The SMILES string of the molecule is CCCCOc1c(C(=O)O)cc(CCCC)c(CC)c1CCCC. The number of carbonyl (C=O) groups is 1. The van der Waals surface area contributed by atoms with Crippen molar-refractivity contribution in [2.45, 2.75) is 85.5 Å². The lowest BCUT2D eigenvalue weighted by atomic mass is 9.89. The van der Waals surface area contributed by atoms with Crippen LogP contribution in [0.1, 0.15) is 93.3 Å². The number of benzene rings is 1. The Balaban J connectivity index is 3.39. The molecule has 1 aromatic carbocycles. The van der Waals surface area contributed by atoms with E-state index >= 15 is 0 Å².